The lowest BCUT2D eigenvalue weighted by atomic mass is 10.2. The summed E-state index contributed by atoms with van der Waals surface area (Å²) in [5.74, 6) is -0.244. The van der Waals surface area contributed by atoms with Crippen molar-refractivity contribution in [3.05, 3.63) is 84.8 Å². The Morgan fingerprint density at radius 2 is 1.89 bits per heavy atom. The van der Waals surface area contributed by atoms with Gasteiger partial charge in [0.2, 0.25) is 0 Å². The third-order valence-corrected chi connectivity index (χ3v) is 6.93. The molecule has 0 bridgehead atoms. The maximum absolute atomic E-state index is 12.8. The van der Waals surface area contributed by atoms with Crippen LogP contribution in [0.25, 0.3) is 0 Å². The number of nitrogens with zero attached hydrogens (tertiary/aromatic N) is 2. The number of ether oxygens (including phenoxy) is 2. The van der Waals surface area contributed by atoms with Gasteiger partial charge in [0, 0.05) is 16.6 Å². The normalized spacial score (nSPS) is 11.2. The summed E-state index contributed by atoms with van der Waals surface area (Å²) in [5.41, 5.74) is 2.71. The molecular formula is C23H19Br2N3O8S. The van der Waals surface area contributed by atoms with Gasteiger partial charge in [-0.2, -0.15) is 13.5 Å². The number of rotatable bonds is 10. The number of halogens is 2. The van der Waals surface area contributed by atoms with Gasteiger partial charge in [-0.1, -0.05) is 22.0 Å². The Bertz CT molecular complexity index is 1480. The second-order valence-corrected chi connectivity index (χ2v) is 10.4. The van der Waals surface area contributed by atoms with Crippen molar-refractivity contribution in [1.29, 1.82) is 0 Å². The van der Waals surface area contributed by atoms with E-state index in [0.29, 0.717) is 15.8 Å². The maximum Gasteiger partial charge on any atom is 0.339 e. The van der Waals surface area contributed by atoms with Gasteiger partial charge in [0.25, 0.3) is 11.6 Å². The fourth-order valence-corrected chi connectivity index (χ4v) is 5.01. The molecule has 1 N–H and O–H groups in total. The SMILES string of the molecule is CCOc1cc(/C=N\NC(=O)c2cc(Br)ccc2OC)cc(Br)c1OS(=O)(=O)c1cccc([N+](=O)[O-])c1. The lowest BCUT2D eigenvalue weighted by Crippen LogP contribution is -2.18. The summed E-state index contributed by atoms with van der Waals surface area (Å²) in [6.45, 7) is 1.87. The molecule has 0 radical (unpaired) electrons. The highest BCUT2D eigenvalue weighted by Gasteiger charge is 2.24. The van der Waals surface area contributed by atoms with E-state index in [1.165, 1.54) is 43.7 Å². The summed E-state index contributed by atoms with van der Waals surface area (Å²) in [6.07, 6.45) is 1.33. The molecular weight excluding hydrogens is 638 g/mol. The zero-order chi connectivity index (χ0) is 27.2. The summed E-state index contributed by atoms with van der Waals surface area (Å²) in [4.78, 5) is 22.4. The number of nitrogens with one attached hydrogen (secondary N) is 1. The molecule has 0 aliphatic rings. The number of nitro benzene ring substituents is 1. The van der Waals surface area contributed by atoms with Gasteiger partial charge in [0.05, 0.1) is 34.9 Å². The number of hydrogen-bond donors (Lipinski definition) is 1. The largest absolute Gasteiger partial charge is 0.496 e. The monoisotopic (exact) mass is 655 g/mol. The Morgan fingerprint density at radius 3 is 2.57 bits per heavy atom. The van der Waals surface area contributed by atoms with E-state index < -0.39 is 31.5 Å². The molecule has 3 aromatic rings. The van der Waals surface area contributed by atoms with Crippen molar-refractivity contribution >= 4 is 59.8 Å². The number of amides is 1. The van der Waals surface area contributed by atoms with Gasteiger partial charge >= 0.3 is 10.1 Å². The van der Waals surface area contributed by atoms with E-state index in [1.54, 1.807) is 25.1 Å². The molecule has 0 spiro atoms. The maximum atomic E-state index is 12.8. The first-order valence-electron chi connectivity index (χ1n) is 10.4. The highest BCUT2D eigenvalue weighted by atomic mass is 79.9. The minimum Gasteiger partial charge on any atom is -0.496 e. The Hall–Kier alpha value is -3.49. The first kappa shape index (κ1) is 28.1. The quantitative estimate of drug-likeness (QED) is 0.138. The molecule has 3 rings (SSSR count). The Balaban J connectivity index is 1.86. The van der Waals surface area contributed by atoms with E-state index >= 15 is 0 Å². The molecule has 0 saturated heterocycles. The van der Waals surface area contributed by atoms with Gasteiger partial charge < -0.3 is 13.7 Å². The molecule has 0 aliphatic carbocycles. The lowest BCUT2D eigenvalue weighted by Gasteiger charge is -2.14. The molecule has 14 heteroatoms. The average Bonchev–Trinajstić information content (AvgIpc) is 2.86. The van der Waals surface area contributed by atoms with Crippen molar-refractivity contribution in [1.82, 2.24) is 5.43 Å². The van der Waals surface area contributed by atoms with Gasteiger partial charge in [-0.3, -0.25) is 14.9 Å². The van der Waals surface area contributed by atoms with Crippen LogP contribution in [0.2, 0.25) is 0 Å². The van der Waals surface area contributed by atoms with Crippen molar-refractivity contribution in [2.75, 3.05) is 13.7 Å². The third kappa shape index (κ3) is 7.05. The van der Waals surface area contributed by atoms with Gasteiger partial charge in [-0.15, -0.1) is 0 Å². The van der Waals surface area contributed by atoms with E-state index in [0.717, 1.165) is 6.07 Å². The molecule has 37 heavy (non-hydrogen) atoms. The van der Waals surface area contributed by atoms with Crippen LogP contribution >= 0.6 is 31.9 Å². The van der Waals surface area contributed by atoms with Crippen molar-refractivity contribution in [3.63, 3.8) is 0 Å². The number of non-ortho nitro benzene ring substituents is 1. The second kappa shape index (κ2) is 12.2. The van der Waals surface area contributed by atoms with E-state index in [1.807, 2.05) is 0 Å². The highest BCUT2D eigenvalue weighted by molar-refractivity contribution is 9.10. The van der Waals surface area contributed by atoms with E-state index in [9.17, 15) is 23.3 Å². The first-order chi connectivity index (χ1) is 17.6. The molecule has 194 valence electrons. The van der Waals surface area contributed by atoms with Crippen molar-refractivity contribution in [2.45, 2.75) is 11.8 Å². The van der Waals surface area contributed by atoms with Crippen LogP contribution < -0.4 is 19.1 Å². The van der Waals surface area contributed by atoms with Gasteiger partial charge in [0.1, 0.15) is 10.6 Å². The van der Waals surface area contributed by atoms with Crippen molar-refractivity contribution in [3.8, 4) is 17.2 Å². The molecule has 0 unspecified atom stereocenters. The number of nitro groups is 1. The van der Waals surface area contributed by atoms with E-state index in [2.05, 4.69) is 42.4 Å². The Labute approximate surface area is 229 Å². The van der Waals surface area contributed by atoms with Crippen LogP contribution in [0.1, 0.15) is 22.8 Å². The minimum atomic E-state index is -4.44. The molecule has 0 heterocycles. The molecule has 1 amide bonds. The zero-order valence-electron chi connectivity index (χ0n) is 19.3. The average molecular weight is 657 g/mol. The molecule has 3 aromatic carbocycles. The number of carbonyl (C=O) groups excluding carboxylic acids is 1. The fraction of sp³-hybridized carbons (Fsp3) is 0.130. The lowest BCUT2D eigenvalue weighted by molar-refractivity contribution is -0.385. The predicted octanol–water partition coefficient (Wildman–Crippen LogP) is 5.06. The molecule has 11 nitrogen and oxygen atoms in total. The molecule has 0 aromatic heterocycles. The molecule has 0 fully saturated rings. The van der Waals surface area contributed by atoms with Crippen LogP contribution in [-0.4, -0.2) is 39.2 Å². The Kier molecular flexibility index (Phi) is 9.23. The van der Waals surface area contributed by atoms with Gasteiger partial charge in [-0.25, -0.2) is 5.43 Å². The van der Waals surface area contributed by atoms with E-state index in [-0.39, 0.29) is 28.1 Å². The van der Waals surface area contributed by atoms with Gasteiger partial charge in [0.15, 0.2) is 11.5 Å². The van der Waals surface area contributed by atoms with Crippen molar-refractivity contribution in [2.24, 2.45) is 5.10 Å². The van der Waals surface area contributed by atoms with E-state index in [4.69, 9.17) is 13.7 Å². The van der Waals surface area contributed by atoms with Crippen LogP contribution in [-0.2, 0) is 10.1 Å². The second-order valence-electron chi connectivity index (χ2n) is 7.10. The van der Waals surface area contributed by atoms with Crippen LogP contribution in [0.15, 0.2) is 73.5 Å². The standard InChI is InChI=1S/C23H19Br2N3O8S/c1-3-35-21-10-14(13-26-27-23(29)18-11-15(24)7-8-20(18)34-2)9-19(25)22(21)36-37(32,33)17-6-4-5-16(12-17)28(30)31/h4-13H,3H2,1-2H3,(H,27,29)/b26-13-. The van der Waals surface area contributed by atoms with Gasteiger partial charge in [-0.05, 0) is 64.8 Å². The number of hydrogen-bond acceptors (Lipinski definition) is 9. The van der Waals surface area contributed by atoms with Crippen LogP contribution in [0.3, 0.4) is 0 Å². The summed E-state index contributed by atoms with van der Waals surface area (Å²) in [5, 5.41) is 15.0. The van der Waals surface area contributed by atoms with Crippen LogP contribution in [0.5, 0.6) is 17.2 Å². The molecule has 0 atom stereocenters. The topological polar surface area (TPSA) is 146 Å². The highest BCUT2D eigenvalue weighted by Crippen LogP contribution is 2.38. The summed E-state index contributed by atoms with van der Waals surface area (Å²) in [6, 6.07) is 12.4. The number of methoxy groups -OCH3 is 1. The predicted molar refractivity (Wildman–Crippen MR) is 142 cm³/mol. The third-order valence-electron chi connectivity index (χ3n) is 4.63. The minimum absolute atomic E-state index is 0.0623. The number of hydrazone groups is 1. The fourth-order valence-electron chi connectivity index (χ4n) is 3.00. The molecule has 0 saturated carbocycles. The number of benzene rings is 3. The smallest absolute Gasteiger partial charge is 0.339 e. The number of carbonyl (C=O) groups is 1. The Morgan fingerprint density at radius 1 is 1.14 bits per heavy atom. The van der Waals surface area contributed by atoms with Crippen molar-refractivity contribution < 1.29 is 31.8 Å². The van der Waals surface area contributed by atoms with Crippen LogP contribution in [0.4, 0.5) is 5.69 Å². The summed E-state index contributed by atoms with van der Waals surface area (Å²) in [7, 11) is -2.99. The summed E-state index contributed by atoms with van der Waals surface area (Å²) >= 11 is 6.57. The zero-order valence-corrected chi connectivity index (χ0v) is 23.3. The first-order valence-corrected chi connectivity index (χ1v) is 13.4. The van der Waals surface area contributed by atoms with Crippen LogP contribution in [0, 0.1) is 10.1 Å². The summed E-state index contributed by atoms with van der Waals surface area (Å²) < 4.78 is 42.5. The molecule has 0 aliphatic heterocycles.